The number of ether oxygens (including phenoxy) is 9. The van der Waals surface area contributed by atoms with Gasteiger partial charge in [0.15, 0.2) is 28.1 Å². The van der Waals surface area contributed by atoms with Gasteiger partial charge in [-0.2, -0.15) is 0 Å². The molecule has 0 bridgehead atoms. The Bertz CT molecular complexity index is 2210. The van der Waals surface area contributed by atoms with Crippen molar-refractivity contribution >= 4 is 74.9 Å². The number of aromatic nitrogens is 3. The van der Waals surface area contributed by atoms with Crippen molar-refractivity contribution in [2.24, 2.45) is 29.6 Å². The van der Waals surface area contributed by atoms with Crippen LogP contribution < -0.4 is 5.73 Å². The number of aliphatic hydroxyl groups is 1. The van der Waals surface area contributed by atoms with Gasteiger partial charge in [0.25, 0.3) is 0 Å². The van der Waals surface area contributed by atoms with E-state index in [4.69, 9.17) is 48.4 Å². The van der Waals surface area contributed by atoms with Crippen molar-refractivity contribution in [1.29, 1.82) is 0 Å². The number of aliphatic hydroxyl groups excluding tert-OH is 1. The third kappa shape index (κ3) is 11.0. The van der Waals surface area contributed by atoms with Gasteiger partial charge in [-0.3, -0.25) is 19.3 Å². The normalized spacial score (nSPS) is 41.2. The summed E-state index contributed by atoms with van der Waals surface area (Å²) in [5.41, 5.74) is 2.70. The molecule has 4 N–H and O–H groups in total. The van der Waals surface area contributed by atoms with Crippen molar-refractivity contribution in [3.05, 3.63) is 18.1 Å². The molecule has 20 nitrogen and oxygen atoms in total. The van der Waals surface area contributed by atoms with E-state index in [9.17, 15) is 24.6 Å². The van der Waals surface area contributed by atoms with Crippen molar-refractivity contribution < 1.29 is 72.0 Å². The molecule has 0 amide bonds. The van der Waals surface area contributed by atoms with Gasteiger partial charge in [0.05, 0.1) is 65.5 Å². The zero-order valence-electron chi connectivity index (χ0n) is 42.8. The number of rotatable bonds is 13. The highest BCUT2D eigenvalue weighted by Gasteiger charge is 2.62. The zero-order valence-corrected chi connectivity index (χ0v) is 45.8. The first-order valence-electron chi connectivity index (χ1n) is 23.9. The van der Waals surface area contributed by atoms with Gasteiger partial charge in [0.2, 0.25) is 0 Å². The number of carboxylic acid groups (broad SMARTS) is 1. The van der Waals surface area contributed by atoms with Crippen LogP contribution in [0.15, 0.2) is 12.5 Å². The number of carbonyl (C=O) groups excluding carboxylic acids is 3. The Morgan fingerprint density at radius 1 is 0.971 bits per heavy atom. The number of aryl methyl sites for hydroxylation is 1. The van der Waals surface area contributed by atoms with Gasteiger partial charge in [-0.05, 0) is 84.6 Å². The van der Waals surface area contributed by atoms with Crippen molar-refractivity contribution in [1.82, 2.24) is 19.4 Å². The van der Waals surface area contributed by atoms with E-state index in [1.165, 1.54) is 31.4 Å². The molecule has 2 aromatic rings. The van der Waals surface area contributed by atoms with Gasteiger partial charge < -0.3 is 63.1 Å². The number of fused-ring (bicyclic) bond motifs is 2. The van der Waals surface area contributed by atoms with Gasteiger partial charge in [-0.15, -0.1) is 11.8 Å². The van der Waals surface area contributed by atoms with Crippen molar-refractivity contribution in [3.8, 4) is 0 Å². The van der Waals surface area contributed by atoms with Crippen LogP contribution in [0.2, 0.25) is 0 Å². The predicted octanol–water partition coefficient (Wildman–Crippen LogP) is 4.72. The Balaban J connectivity index is 1.41. The lowest BCUT2D eigenvalue weighted by Gasteiger charge is -2.50. The van der Waals surface area contributed by atoms with Crippen LogP contribution in [0, 0.1) is 29.6 Å². The van der Waals surface area contributed by atoms with E-state index in [0.717, 1.165) is 0 Å². The van der Waals surface area contributed by atoms with Crippen LogP contribution in [-0.4, -0.2) is 176 Å². The molecule has 0 aliphatic carbocycles. The summed E-state index contributed by atoms with van der Waals surface area (Å²) in [5, 5.41) is 20.2. The lowest BCUT2D eigenvalue weighted by molar-refractivity contribution is -0.316. The van der Waals surface area contributed by atoms with Crippen LogP contribution in [0.4, 0.5) is 5.82 Å². The van der Waals surface area contributed by atoms with E-state index in [-0.39, 0.29) is 66.1 Å². The smallest absolute Gasteiger partial charge is 0.339 e. The second-order valence-corrected chi connectivity index (χ2v) is 22.9. The Kier molecular flexibility index (Phi) is 18.1. The first-order valence-corrected chi connectivity index (χ1v) is 26.2. The van der Waals surface area contributed by atoms with Gasteiger partial charge in [0, 0.05) is 76.3 Å². The van der Waals surface area contributed by atoms with E-state index < -0.39 is 111 Å². The van der Waals surface area contributed by atoms with Gasteiger partial charge in [0.1, 0.15) is 28.2 Å². The molecular formula is C48H74IN5O15S. The number of nitrogens with zero attached hydrogens (tertiary/aromatic N) is 4. The second kappa shape index (κ2) is 22.4. The quantitative estimate of drug-likeness (QED) is 0.139. The number of hydrogen-bond acceptors (Lipinski definition) is 19. The number of methoxy groups -OCH3 is 3. The largest absolute Gasteiger partial charge is 0.478 e. The molecule has 22 heteroatoms. The van der Waals surface area contributed by atoms with E-state index in [2.05, 4.69) is 9.97 Å². The number of ketones is 1. The number of anilines is 1. The molecule has 394 valence electrons. The van der Waals surface area contributed by atoms with Crippen LogP contribution in [0.5, 0.6) is 0 Å². The minimum atomic E-state index is -1.49. The highest BCUT2D eigenvalue weighted by Crippen LogP contribution is 2.50. The van der Waals surface area contributed by atoms with E-state index in [1.807, 2.05) is 69.3 Å². The summed E-state index contributed by atoms with van der Waals surface area (Å²) in [4.78, 5) is 66.7. The average molecular weight is 1120 g/mol. The molecular weight excluding hydrogens is 1050 g/mol. The van der Waals surface area contributed by atoms with Crippen LogP contribution in [0.25, 0.3) is 11.0 Å². The van der Waals surface area contributed by atoms with Crippen LogP contribution in [0.3, 0.4) is 0 Å². The molecule has 6 heterocycles. The molecule has 4 aliphatic rings. The maximum atomic E-state index is 15.1. The van der Waals surface area contributed by atoms with Crippen molar-refractivity contribution in [2.75, 3.05) is 46.9 Å². The summed E-state index contributed by atoms with van der Waals surface area (Å²) in [6.07, 6.45) is -2.43. The van der Waals surface area contributed by atoms with E-state index in [0.29, 0.717) is 11.9 Å². The predicted molar refractivity (Wildman–Crippen MR) is 266 cm³/mol. The molecule has 4 saturated heterocycles. The molecule has 2 aromatic heterocycles. The highest BCUT2D eigenvalue weighted by molar-refractivity contribution is 14.1. The number of alkyl halides is 1. The topological polar surface area (TPSA) is 252 Å². The third-order valence-electron chi connectivity index (χ3n) is 15.4. The number of halogens is 1. The van der Waals surface area contributed by atoms with Crippen LogP contribution in [0.1, 0.15) is 91.9 Å². The minimum absolute atomic E-state index is 0.0779. The average Bonchev–Trinajstić information content (AvgIpc) is 3.85. The molecule has 4 fully saturated rings. The summed E-state index contributed by atoms with van der Waals surface area (Å²) < 4.78 is 58.6. The number of Topliss-reactive ketones (excluding diaryl/α,β-unsaturated/α-hetero) is 1. The lowest BCUT2D eigenvalue weighted by Crippen LogP contribution is -2.62. The molecule has 0 saturated carbocycles. The fourth-order valence-electron chi connectivity index (χ4n) is 11.3. The number of nitrogens with two attached hydrogens (primary N) is 1. The second-order valence-electron chi connectivity index (χ2n) is 20.5. The molecule has 6 rings (SSSR count). The number of esters is 2. The summed E-state index contributed by atoms with van der Waals surface area (Å²) in [7, 11) is 8.58. The number of pyridine rings is 1. The zero-order chi connectivity index (χ0) is 51.9. The van der Waals surface area contributed by atoms with Crippen LogP contribution in [-0.2, 0) is 63.6 Å². The van der Waals surface area contributed by atoms with Gasteiger partial charge >= 0.3 is 17.9 Å². The standard InChI is InChI=1S/C48H74IN5O15S/c1-22-18-47(8,63-14)39(67-44-34(53(10)11)29(61-12)17-23(2)64-44)25(4)36(66-30-19-46(7,62-13)38(56)27(6)65-30)26(5)42(59)68-45(49)48(9)31(24(3)35(22)55)37(43(60)69-48)70-16-15-54-21-52-32-33(54)28(41(57)58)20-51-40(32)50/h20-27,29-31,34,36-39,44-45,56H,15-19H2,1-14H3,(H2,50,51)(H,57,58)/t22-,23-,24-,25+,26-,27+,29-,30+,31+,34+,36+,37?,38+,39-,44+,45+,46-,47-,48+/m1/s1. The number of likely N-dealkylation sites (N-methyl/N-ethyl adjacent to an activating group) is 1. The number of carboxylic acids is 1. The first-order chi connectivity index (χ1) is 32.8. The van der Waals surface area contributed by atoms with E-state index >= 15 is 4.79 Å². The molecule has 0 radical (unpaired) electrons. The van der Waals surface area contributed by atoms with Crippen LogP contribution >= 0.6 is 34.4 Å². The number of carbonyl (C=O) groups is 4. The first kappa shape index (κ1) is 56.5. The molecule has 4 aliphatic heterocycles. The van der Waals surface area contributed by atoms with Crippen molar-refractivity contribution in [3.63, 3.8) is 0 Å². The minimum Gasteiger partial charge on any atom is -0.478 e. The van der Waals surface area contributed by atoms with E-state index in [1.54, 1.807) is 53.4 Å². The molecule has 0 aromatic carbocycles. The maximum Gasteiger partial charge on any atom is 0.339 e. The summed E-state index contributed by atoms with van der Waals surface area (Å²) in [6.45, 7) is 16.5. The molecule has 1 unspecified atom stereocenters. The summed E-state index contributed by atoms with van der Waals surface area (Å²) >= 11 is 3.23. The maximum absolute atomic E-state index is 15.1. The molecule has 70 heavy (non-hydrogen) atoms. The number of cyclic esters (lactones) is 1. The Morgan fingerprint density at radius 3 is 2.26 bits per heavy atom. The molecule has 0 spiro atoms. The SMILES string of the molecule is CO[C@@H]1C[C@@H](C)O[C@@H](O[C@@H]2[C@@H](C)[C@H](O[C@H]3C[C@@](C)(OC)[C@@H](O)[C@H](C)O3)[C@@H](C)C(=O)O[C@H](I)[C@@]3(C)OC(=O)C(SCCn4cnc5c(N)ncc(C(=O)O)c54)[C@@H]3[C@@H](C)C(=O)[C@H](C)C[C@@]2(C)OC)[C@H]1N(C)C. The van der Waals surface area contributed by atoms with Gasteiger partial charge in [-0.25, -0.2) is 14.8 Å². The number of thioether (sulfide) groups is 1. The van der Waals surface area contributed by atoms with Gasteiger partial charge in [-0.1, -0.05) is 20.8 Å². The number of nitrogen functional groups attached to an aromatic ring is 1. The Hall–Kier alpha value is -2.78. The number of aromatic carboxylic acids is 1. The number of hydrogen-bond donors (Lipinski definition) is 3. The monoisotopic (exact) mass is 1120 g/mol. The fraction of sp³-hybridized carbons (Fsp3) is 0.792. The highest BCUT2D eigenvalue weighted by atomic mass is 127. The summed E-state index contributed by atoms with van der Waals surface area (Å²) in [5.74, 6) is -6.30. The number of imidazole rings is 1. The fourth-order valence-corrected chi connectivity index (χ4v) is 13.5. The Labute approximate surface area is 428 Å². The molecule has 19 atom stereocenters. The lowest BCUT2D eigenvalue weighted by atomic mass is 9.72. The van der Waals surface area contributed by atoms with Crippen molar-refractivity contribution in [2.45, 2.75) is 170 Å². The Morgan fingerprint density at radius 2 is 1.64 bits per heavy atom. The summed E-state index contributed by atoms with van der Waals surface area (Å²) in [6, 6.07) is -0.372. The third-order valence-corrected chi connectivity index (χ3v) is 18.2.